The Hall–Kier alpha value is -3.73. The standard InChI is InChI=1S/C22H17N5/c1-3-9-16(10-4-1)15-27-25-20(17-11-5-2-6-12-17)21(26-27)22-23-18-13-7-8-14-19(18)24-22/h1-14H,15H2,(H,23,24). The third kappa shape index (κ3) is 3.00. The lowest BCUT2D eigenvalue weighted by molar-refractivity contribution is 0.593. The van der Waals surface area contributed by atoms with Crippen molar-refractivity contribution in [1.29, 1.82) is 0 Å². The quantitative estimate of drug-likeness (QED) is 0.517. The van der Waals surface area contributed by atoms with Gasteiger partial charge in [-0.05, 0) is 17.7 Å². The van der Waals surface area contributed by atoms with Crippen LogP contribution < -0.4 is 0 Å². The van der Waals surface area contributed by atoms with Crippen LogP contribution >= 0.6 is 0 Å². The van der Waals surface area contributed by atoms with Crippen LogP contribution in [0.5, 0.6) is 0 Å². The summed E-state index contributed by atoms with van der Waals surface area (Å²) in [6.45, 7) is 0.612. The molecule has 0 radical (unpaired) electrons. The summed E-state index contributed by atoms with van der Waals surface area (Å²) < 4.78 is 0. The van der Waals surface area contributed by atoms with Gasteiger partial charge in [0.15, 0.2) is 11.5 Å². The SMILES string of the molecule is c1ccc(Cn2nc(-c3ccccc3)c(-c3nc4ccccc4[nH]3)n2)cc1. The molecule has 1 N–H and O–H groups in total. The molecule has 27 heavy (non-hydrogen) atoms. The highest BCUT2D eigenvalue weighted by molar-refractivity contribution is 5.82. The lowest BCUT2D eigenvalue weighted by atomic mass is 10.1. The van der Waals surface area contributed by atoms with Gasteiger partial charge < -0.3 is 4.98 Å². The number of nitrogens with one attached hydrogen (secondary N) is 1. The Morgan fingerprint density at radius 2 is 1.37 bits per heavy atom. The first-order valence-corrected chi connectivity index (χ1v) is 8.86. The van der Waals surface area contributed by atoms with Crippen molar-refractivity contribution < 1.29 is 0 Å². The molecule has 0 aliphatic rings. The molecule has 0 amide bonds. The largest absolute Gasteiger partial charge is 0.337 e. The van der Waals surface area contributed by atoms with Crippen molar-refractivity contribution in [2.75, 3.05) is 0 Å². The van der Waals surface area contributed by atoms with E-state index >= 15 is 0 Å². The lowest BCUT2D eigenvalue weighted by Crippen LogP contribution is -2.03. The zero-order chi connectivity index (χ0) is 18.1. The molecule has 2 heterocycles. The number of rotatable bonds is 4. The fourth-order valence-electron chi connectivity index (χ4n) is 3.18. The van der Waals surface area contributed by atoms with Crippen LogP contribution in [0, 0.1) is 0 Å². The zero-order valence-corrected chi connectivity index (χ0v) is 14.6. The molecule has 0 spiro atoms. The summed E-state index contributed by atoms with van der Waals surface area (Å²) in [4.78, 5) is 9.83. The molecule has 0 aliphatic carbocycles. The number of aromatic amines is 1. The van der Waals surface area contributed by atoms with Crippen molar-refractivity contribution in [3.05, 3.63) is 90.5 Å². The minimum atomic E-state index is 0.612. The van der Waals surface area contributed by atoms with Crippen molar-refractivity contribution >= 4 is 11.0 Å². The van der Waals surface area contributed by atoms with Crippen LogP contribution in [0.1, 0.15) is 5.56 Å². The second kappa shape index (κ2) is 6.53. The maximum atomic E-state index is 4.77. The van der Waals surface area contributed by atoms with Crippen molar-refractivity contribution in [1.82, 2.24) is 25.0 Å². The Morgan fingerprint density at radius 1 is 0.704 bits per heavy atom. The van der Waals surface area contributed by atoms with Gasteiger partial charge in [-0.2, -0.15) is 9.90 Å². The van der Waals surface area contributed by atoms with E-state index in [0.717, 1.165) is 39.4 Å². The van der Waals surface area contributed by atoms with Crippen LogP contribution in [-0.2, 0) is 6.54 Å². The summed E-state index contributed by atoms with van der Waals surface area (Å²) in [6.07, 6.45) is 0. The van der Waals surface area contributed by atoms with Crippen molar-refractivity contribution in [2.45, 2.75) is 6.54 Å². The van der Waals surface area contributed by atoms with Crippen LogP contribution in [0.2, 0.25) is 0 Å². The molecule has 5 rings (SSSR count). The molecule has 0 aliphatic heterocycles. The smallest absolute Gasteiger partial charge is 0.161 e. The summed E-state index contributed by atoms with van der Waals surface area (Å²) in [5.41, 5.74) is 5.67. The number of hydrogen-bond donors (Lipinski definition) is 1. The Morgan fingerprint density at radius 3 is 2.15 bits per heavy atom. The maximum Gasteiger partial charge on any atom is 0.161 e. The van der Waals surface area contributed by atoms with Crippen molar-refractivity contribution in [3.8, 4) is 22.8 Å². The highest BCUT2D eigenvalue weighted by atomic mass is 15.5. The third-order valence-electron chi connectivity index (χ3n) is 4.48. The minimum Gasteiger partial charge on any atom is -0.337 e. The van der Waals surface area contributed by atoms with Gasteiger partial charge in [-0.1, -0.05) is 72.8 Å². The molecule has 0 bridgehead atoms. The number of fused-ring (bicyclic) bond motifs is 1. The number of para-hydroxylation sites is 2. The van der Waals surface area contributed by atoms with Gasteiger partial charge in [0.1, 0.15) is 5.69 Å². The molecular weight excluding hydrogens is 334 g/mol. The number of H-pyrrole nitrogens is 1. The summed E-state index contributed by atoms with van der Waals surface area (Å²) in [7, 11) is 0. The minimum absolute atomic E-state index is 0.612. The second-order valence-corrected chi connectivity index (χ2v) is 6.38. The van der Waals surface area contributed by atoms with E-state index in [-0.39, 0.29) is 0 Å². The van der Waals surface area contributed by atoms with Gasteiger partial charge in [0.25, 0.3) is 0 Å². The van der Waals surface area contributed by atoms with Crippen LogP contribution in [0.15, 0.2) is 84.9 Å². The third-order valence-corrected chi connectivity index (χ3v) is 4.48. The molecule has 0 fully saturated rings. The van der Waals surface area contributed by atoms with E-state index in [2.05, 4.69) is 17.1 Å². The molecule has 0 atom stereocenters. The highest BCUT2D eigenvalue weighted by Gasteiger charge is 2.18. The number of nitrogens with zero attached hydrogens (tertiary/aromatic N) is 4. The van der Waals surface area contributed by atoms with Gasteiger partial charge in [-0.3, -0.25) is 0 Å². The van der Waals surface area contributed by atoms with E-state index in [0.29, 0.717) is 6.54 Å². The fourth-order valence-corrected chi connectivity index (χ4v) is 3.18. The molecule has 0 unspecified atom stereocenters. The topological polar surface area (TPSA) is 59.4 Å². The van der Waals surface area contributed by atoms with Crippen molar-refractivity contribution in [2.24, 2.45) is 0 Å². The van der Waals surface area contributed by atoms with Gasteiger partial charge in [0.2, 0.25) is 0 Å². The van der Waals surface area contributed by atoms with Crippen LogP contribution in [0.3, 0.4) is 0 Å². The van der Waals surface area contributed by atoms with Crippen LogP contribution in [0.25, 0.3) is 33.8 Å². The predicted molar refractivity (Wildman–Crippen MR) is 106 cm³/mol. The molecule has 0 saturated carbocycles. The van der Waals surface area contributed by atoms with E-state index in [1.165, 1.54) is 0 Å². The Balaban J connectivity index is 1.64. The Bertz CT molecular complexity index is 1160. The number of benzene rings is 3. The van der Waals surface area contributed by atoms with E-state index in [9.17, 15) is 0 Å². The van der Waals surface area contributed by atoms with Gasteiger partial charge >= 0.3 is 0 Å². The molecule has 5 heteroatoms. The van der Waals surface area contributed by atoms with E-state index in [4.69, 9.17) is 15.2 Å². The molecule has 3 aromatic carbocycles. The van der Waals surface area contributed by atoms with Crippen molar-refractivity contribution in [3.63, 3.8) is 0 Å². The molecule has 5 aromatic rings. The predicted octanol–water partition coefficient (Wildman–Crippen LogP) is 4.54. The van der Waals surface area contributed by atoms with Crippen LogP contribution in [0.4, 0.5) is 0 Å². The summed E-state index contributed by atoms with van der Waals surface area (Å²) >= 11 is 0. The summed E-state index contributed by atoms with van der Waals surface area (Å²) in [6, 6.07) is 28.3. The van der Waals surface area contributed by atoms with Gasteiger partial charge in [0, 0.05) is 5.56 Å². The van der Waals surface area contributed by atoms with Gasteiger partial charge in [0.05, 0.1) is 17.6 Å². The van der Waals surface area contributed by atoms with Gasteiger partial charge in [-0.15, -0.1) is 5.10 Å². The Labute approximate surface area is 156 Å². The van der Waals surface area contributed by atoms with E-state index in [1.54, 1.807) is 4.80 Å². The monoisotopic (exact) mass is 351 g/mol. The highest BCUT2D eigenvalue weighted by Crippen LogP contribution is 2.28. The Kier molecular flexibility index (Phi) is 3.76. The van der Waals surface area contributed by atoms with E-state index < -0.39 is 0 Å². The zero-order valence-electron chi connectivity index (χ0n) is 14.6. The normalized spacial score (nSPS) is 11.1. The number of hydrogen-bond acceptors (Lipinski definition) is 3. The molecule has 2 aromatic heterocycles. The first-order chi connectivity index (χ1) is 13.4. The second-order valence-electron chi connectivity index (χ2n) is 6.38. The summed E-state index contributed by atoms with van der Waals surface area (Å²) in [5.74, 6) is 0.731. The van der Waals surface area contributed by atoms with E-state index in [1.807, 2.05) is 72.8 Å². The average molecular weight is 351 g/mol. The fraction of sp³-hybridized carbons (Fsp3) is 0.0455. The first-order valence-electron chi connectivity index (χ1n) is 8.86. The first kappa shape index (κ1) is 15.5. The molecular formula is C22H17N5. The maximum absolute atomic E-state index is 4.77. The molecule has 5 nitrogen and oxygen atoms in total. The molecule has 0 saturated heterocycles. The van der Waals surface area contributed by atoms with Crippen LogP contribution in [-0.4, -0.2) is 25.0 Å². The molecule has 130 valence electrons. The van der Waals surface area contributed by atoms with Gasteiger partial charge in [-0.25, -0.2) is 4.98 Å². The number of aromatic nitrogens is 5. The average Bonchev–Trinajstić information content (AvgIpc) is 3.33. The summed E-state index contributed by atoms with van der Waals surface area (Å²) in [5, 5.41) is 9.53. The lowest BCUT2D eigenvalue weighted by Gasteiger charge is -1.99. The number of imidazole rings is 1.